The molecule has 2 N–H and O–H groups in total. The van der Waals surface area contributed by atoms with Gasteiger partial charge in [-0.05, 0) is 24.8 Å². The van der Waals surface area contributed by atoms with E-state index in [1.165, 1.54) is 0 Å². The van der Waals surface area contributed by atoms with Gasteiger partial charge in [0.1, 0.15) is 6.10 Å². The maximum atomic E-state index is 5.72. The van der Waals surface area contributed by atoms with Gasteiger partial charge in [0.05, 0.1) is 0 Å². The Morgan fingerprint density at radius 1 is 1.25 bits per heavy atom. The summed E-state index contributed by atoms with van der Waals surface area (Å²) in [4.78, 5) is 8.66. The molecule has 16 heavy (non-hydrogen) atoms. The number of nitrogens with zero attached hydrogens (tertiary/aromatic N) is 2. The van der Waals surface area contributed by atoms with Crippen LogP contribution in [0, 0.1) is 5.92 Å². The van der Waals surface area contributed by atoms with Gasteiger partial charge in [-0.15, -0.1) is 0 Å². The van der Waals surface area contributed by atoms with Gasteiger partial charge < -0.3 is 10.5 Å². The van der Waals surface area contributed by atoms with E-state index in [2.05, 4.69) is 23.8 Å². The normalized spacial score (nSPS) is 15.1. The molecule has 1 rings (SSSR count). The molecule has 0 fully saturated rings. The van der Waals surface area contributed by atoms with E-state index in [-0.39, 0.29) is 12.1 Å². The molecule has 1 aromatic rings. The number of rotatable bonds is 5. The lowest BCUT2D eigenvalue weighted by Crippen LogP contribution is -2.19. The van der Waals surface area contributed by atoms with Gasteiger partial charge in [0.25, 0.3) is 0 Å². The van der Waals surface area contributed by atoms with Crippen LogP contribution in [-0.2, 0) is 11.2 Å². The van der Waals surface area contributed by atoms with Gasteiger partial charge in [-0.2, -0.15) is 0 Å². The van der Waals surface area contributed by atoms with E-state index in [0.29, 0.717) is 5.92 Å². The van der Waals surface area contributed by atoms with Gasteiger partial charge in [0.2, 0.25) is 0 Å². The minimum atomic E-state index is -0.0376. The van der Waals surface area contributed by atoms with Crippen molar-refractivity contribution >= 4 is 0 Å². The average Bonchev–Trinajstić information content (AvgIpc) is 2.20. The molecule has 1 aromatic heterocycles. The van der Waals surface area contributed by atoms with Crippen LogP contribution in [0.2, 0.25) is 0 Å². The molecule has 4 heteroatoms. The average molecular weight is 223 g/mol. The van der Waals surface area contributed by atoms with Crippen molar-refractivity contribution in [3.63, 3.8) is 0 Å². The zero-order chi connectivity index (χ0) is 12.1. The number of aromatic nitrogens is 2. The molecule has 2 atom stereocenters. The van der Waals surface area contributed by atoms with Gasteiger partial charge in [-0.1, -0.05) is 13.8 Å². The van der Waals surface area contributed by atoms with Crippen LogP contribution in [0.5, 0.6) is 0 Å². The molecule has 90 valence electrons. The summed E-state index contributed by atoms with van der Waals surface area (Å²) >= 11 is 0. The SMILES string of the molecule is COC(c1ncc(CC(C)N)cn1)C(C)C. The number of hydrogen-bond acceptors (Lipinski definition) is 4. The summed E-state index contributed by atoms with van der Waals surface area (Å²) in [5.74, 6) is 1.11. The van der Waals surface area contributed by atoms with Crippen molar-refractivity contribution in [2.75, 3.05) is 7.11 Å². The Kier molecular flexibility index (Phi) is 4.83. The molecule has 1 heterocycles. The van der Waals surface area contributed by atoms with Gasteiger partial charge in [-0.3, -0.25) is 0 Å². The minimum Gasteiger partial charge on any atom is -0.373 e. The Morgan fingerprint density at radius 2 is 1.81 bits per heavy atom. The first-order chi connectivity index (χ1) is 7.54. The molecule has 0 spiro atoms. The standard InChI is InChI=1S/C12H21N3O/c1-8(2)11(16-4)12-14-6-10(7-15-12)5-9(3)13/h6-9,11H,5,13H2,1-4H3. The number of hydrogen-bond donors (Lipinski definition) is 1. The third-order valence-electron chi connectivity index (χ3n) is 2.40. The van der Waals surface area contributed by atoms with Crippen LogP contribution in [0.4, 0.5) is 0 Å². The van der Waals surface area contributed by atoms with Gasteiger partial charge in [0.15, 0.2) is 5.82 Å². The fourth-order valence-electron chi connectivity index (χ4n) is 1.66. The Morgan fingerprint density at radius 3 is 2.19 bits per heavy atom. The second-order valence-corrected chi connectivity index (χ2v) is 4.53. The summed E-state index contributed by atoms with van der Waals surface area (Å²) in [6.45, 7) is 6.15. The largest absolute Gasteiger partial charge is 0.373 e. The summed E-state index contributed by atoms with van der Waals surface area (Å²) < 4.78 is 5.37. The fraction of sp³-hybridized carbons (Fsp3) is 0.667. The third-order valence-corrected chi connectivity index (χ3v) is 2.40. The summed E-state index contributed by atoms with van der Waals surface area (Å²) in [7, 11) is 1.68. The van der Waals surface area contributed by atoms with Gasteiger partial charge in [0, 0.05) is 25.5 Å². The van der Waals surface area contributed by atoms with Crippen molar-refractivity contribution in [2.45, 2.75) is 39.3 Å². The molecular formula is C12H21N3O. The van der Waals surface area contributed by atoms with Gasteiger partial charge >= 0.3 is 0 Å². The van der Waals surface area contributed by atoms with E-state index in [1.807, 2.05) is 19.3 Å². The molecule has 0 aliphatic rings. The van der Waals surface area contributed by atoms with Crippen molar-refractivity contribution in [3.05, 3.63) is 23.8 Å². The van der Waals surface area contributed by atoms with E-state index in [9.17, 15) is 0 Å². The first-order valence-electron chi connectivity index (χ1n) is 5.63. The van der Waals surface area contributed by atoms with Crippen molar-refractivity contribution in [1.29, 1.82) is 0 Å². The quantitative estimate of drug-likeness (QED) is 0.825. The van der Waals surface area contributed by atoms with Crippen LogP contribution in [0.25, 0.3) is 0 Å². The van der Waals surface area contributed by atoms with E-state index < -0.39 is 0 Å². The van der Waals surface area contributed by atoms with Crippen molar-refractivity contribution in [1.82, 2.24) is 9.97 Å². The maximum absolute atomic E-state index is 5.72. The summed E-state index contributed by atoms with van der Waals surface area (Å²) in [5, 5.41) is 0. The Hall–Kier alpha value is -1.00. The highest BCUT2D eigenvalue weighted by atomic mass is 16.5. The van der Waals surface area contributed by atoms with Crippen molar-refractivity contribution in [3.8, 4) is 0 Å². The van der Waals surface area contributed by atoms with Crippen LogP contribution < -0.4 is 5.73 Å². The van der Waals surface area contributed by atoms with E-state index in [4.69, 9.17) is 10.5 Å². The minimum absolute atomic E-state index is 0.0376. The lowest BCUT2D eigenvalue weighted by atomic mass is 10.1. The monoisotopic (exact) mass is 223 g/mol. The molecule has 0 aliphatic carbocycles. The van der Waals surface area contributed by atoms with Gasteiger partial charge in [-0.25, -0.2) is 9.97 Å². The number of nitrogens with two attached hydrogens (primary N) is 1. The summed E-state index contributed by atoms with van der Waals surface area (Å²) in [5.41, 5.74) is 6.78. The zero-order valence-electron chi connectivity index (χ0n) is 10.5. The molecule has 0 aliphatic heterocycles. The number of methoxy groups -OCH3 is 1. The van der Waals surface area contributed by atoms with Crippen LogP contribution >= 0.6 is 0 Å². The van der Waals surface area contributed by atoms with Crippen molar-refractivity contribution in [2.24, 2.45) is 11.7 Å². The zero-order valence-corrected chi connectivity index (χ0v) is 10.5. The highest BCUT2D eigenvalue weighted by molar-refractivity contribution is 5.08. The lowest BCUT2D eigenvalue weighted by Gasteiger charge is -2.17. The second-order valence-electron chi connectivity index (χ2n) is 4.53. The predicted octanol–water partition coefficient (Wildman–Crippen LogP) is 1.71. The van der Waals surface area contributed by atoms with Crippen molar-refractivity contribution < 1.29 is 4.74 Å². The Labute approximate surface area is 97.2 Å². The van der Waals surface area contributed by atoms with Crippen LogP contribution in [0.15, 0.2) is 12.4 Å². The lowest BCUT2D eigenvalue weighted by molar-refractivity contribution is 0.0574. The summed E-state index contributed by atoms with van der Waals surface area (Å²) in [6, 6.07) is 0.137. The topological polar surface area (TPSA) is 61.0 Å². The second kappa shape index (κ2) is 5.92. The molecule has 0 bridgehead atoms. The van der Waals surface area contributed by atoms with E-state index >= 15 is 0 Å². The molecule has 0 radical (unpaired) electrons. The van der Waals surface area contributed by atoms with E-state index in [1.54, 1.807) is 7.11 Å². The number of ether oxygens (including phenoxy) is 1. The maximum Gasteiger partial charge on any atom is 0.157 e. The first kappa shape index (κ1) is 13.1. The predicted molar refractivity (Wildman–Crippen MR) is 64.0 cm³/mol. The first-order valence-corrected chi connectivity index (χ1v) is 5.63. The third kappa shape index (κ3) is 3.54. The Bertz CT molecular complexity index is 309. The molecule has 0 saturated carbocycles. The Balaban J connectivity index is 2.77. The van der Waals surface area contributed by atoms with Crippen LogP contribution in [0.3, 0.4) is 0 Å². The van der Waals surface area contributed by atoms with Crippen LogP contribution in [-0.4, -0.2) is 23.1 Å². The smallest absolute Gasteiger partial charge is 0.157 e. The van der Waals surface area contributed by atoms with E-state index in [0.717, 1.165) is 17.8 Å². The molecule has 0 aromatic carbocycles. The molecule has 4 nitrogen and oxygen atoms in total. The summed E-state index contributed by atoms with van der Waals surface area (Å²) in [6.07, 6.45) is 4.43. The highest BCUT2D eigenvalue weighted by Gasteiger charge is 2.17. The fourth-order valence-corrected chi connectivity index (χ4v) is 1.66. The molecule has 0 saturated heterocycles. The molecular weight excluding hydrogens is 202 g/mol. The highest BCUT2D eigenvalue weighted by Crippen LogP contribution is 2.21. The van der Waals surface area contributed by atoms with Crippen LogP contribution in [0.1, 0.15) is 38.3 Å². The molecule has 0 amide bonds. The molecule has 2 unspecified atom stereocenters.